The summed E-state index contributed by atoms with van der Waals surface area (Å²) in [5, 5.41) is 3.21. The zero-order valence-corrected chi connectivity index (χ0v) is 16.8. The van der Waals surface area contributed by atoms with Crippen molar-refractivity contribution >= 4 is 30.4 Å². The fourth-order valence-corrected chi connectivity index (χ4v) is 4.03. The Morgan fingerprint density at radius 3 is 2.40 bits per heavy atom. The van der Waals surface area contributed by atoms with Gasteiger partial charge in [-0.15, -0.1) is 0 Å². The summed E-state index contributed by atoms with van der Waals surface area (Å²) < 4.78 is 74.0. The third-order valence-corrected chi connectivity index (χ3v) is 6.31. The minimum Gasteiger partial charge on any atom is -0.486 e. The average Bonchev–Trinajstić information content (AvgIpc) is 3.14. The molecule has 1 aliphatic rings. The maximum atomic E-state index is 14.3. The van der Waals surface area contributed by atoms with Crippen molar-refractivity contribution in [3.8, 4) is 11.5 Å². The van der Waals surface area contributed by atoms with Gasteiger partial charge < -0.3 is 9.47 Å². The van der Waals surface area contributed by atoms with Crippen molar-refractivity contribution in [3.63, 3.8) is 0 Å². The third-order valence-electron chi connectivity index (χ3n) is 3.73. The van der Waals surface area contributed by atoms with Crippen molar-refractivity contribution in [2.75, 3.05) is 0 Å². The molecule has 2 aromatic rings. The van der Waals surface area contributed by atoms with Crippen LogP contribution in [0.1, 0.15) is 18.6 Å². The number of hydrogen-bond acceptors (Lipinski definition) is 6. The number of carbonyl (C=O) groups excluding carboxylic acids is 1. The zero-order chi connectivity index (χ0) is 21.8. The SMILES string of the molecule is CC(Oc1cc(F)c(OC(=O)NC2=CS(=S(=O)=O)C=N2)c(F)c1)c1ccccc1F. The summed E-state index contributed by atoms with van der Waals surface area (Å²) in [4.78, 5) is 15.5. The summed E-state index contributed by atoms with van der Waals surface area (Å²) in [6.07, 6.45) is -2.11. The molecule has 0 fully saturated rings. The van der Waals surface area contributed by atoms with E-state index in [1.807, 2.05) is 0 Å². The molecule has 0 aromatic heterocycles. The molecule has 1 aliphatic heterocycles. The largest absolute Gasteiger partial charge is 0.486 e. The van der Waals surface area contributed by atoms with Gasteiger partial charge in [0.2, 0.25) is 15.0 Å². The van der Waals surface area contributed by atoms with Crippen LogP contribution in [0.5, 0.6) is 11.5 Å². The highest BCUT2D eigenvalue weighted by Gasteiger charge is 2.20. The Labute approximate surface area is 172 Å². The van der Waals surface area contributed by atoms with Gasteiger partial charge in [-0.2, -0.15) is 8.42 Å². The summed E-state index contributed by atoms with van der Waals surface area (Å²) >= 11 is 0. The van der Waals surface area contributed by atoms with E-state index in [9.17, 15) is 26.4 Å². The first kappa shape index (κ1) is 21.6. The predicted molar refractivity (Wildman–Crippen MR) is 104 cm³/mol. The van der Waals surface area contributed by atoms with E-state index < -0.39 is 54.1 Å². The van der Waals surface area contributed by atoms with Crippen LogP contribution in [0, 0.1) is 17.5 Å². The van der Waals surface area contributed by atoms with Crippen LogP contribution in [-0.4, -0.2) is 20.1 Å². The number of aliphatic imine (C=N–C) groups is 1. The Balaban J connectivity index is 1.71. The zero-order valence-electron chi connectivity index (χ0n) is 15.1. The third kappa shape index (κ3) is 5.07. The smallest absolute Gasteiger partial charge is 0.418 e. The molecule has 2 aromatic carbocycles. The van der Waals surface area contributed by atoms with Crippen LogP contribution in [-0.2, 0) is 18.7 Å². The van der Waals surface area contributed by atoms with Gasteiger partial charge >= 0.3 is 6.09 Å². The Bertz CT molecular complexity index is 1180. The molecule has 0 saturated carbocycles. The van der Waals surface area contributed by atoms with Crippen molar-refractivity contribution < 1.29 is 35.9 Å². The van der Waals surface area contributed by atoms with E-state index in [0.29, 0.717) is 0 Å². The molecule has 2 atom stereocenters. The van der Waals surface area contributed by atoms with Gasteiger partial charge in [-0.1, -0.05) is 18.2 Å². The summed E-state index contributed by atoms with van der Waals surface area (Å²) in [6, 6.07) is 7.36. The van der Waals surface area contributed by atoms with E-state index in [2.05, 4.69) is 15.0 Å². The molecular formula is C18H13F3N2O5S2. The minimum absolute atomic E-state index is 0.132. The van der Waals surface area contributed by atoms with Gasteiger partial charge in [-0.25, -0.2) is 23.0 Å². The molecular weight excluding hydrogens is 445 g/mol. The number of rotatable bonds is 5. The van der Waals surface area contributed by atoms with E-state index in [0.717, 1.165) is 23.1 Å². The van der Waals surface area contributed by atoms with Gasteiger partial charge in [0.25, 0.3) is 0 Å². The van der Waals surface area contributed by atoms with E-state index in [1.165, 1.54) is 25.1 Å². The summed E-state index contributed by atoms with van der Waals surface area (Å²) in [5.74, 6) is -4.36. The molecule has 1 heterocycles. The molecule has 1 N–H and O–H groups in total. The van der Waals surface area contributed by atoms with Crippen molar-refractivity contribution in [1.82, 2.24) is 5.32 Å². The molecule has 7 nitrogen and oxygen atoms in total. The van der Waals surface area contributed by atoms with Gasteiger partial charge in [0, 0.05) is 32.6 Å². The van der Waals surface area contributed by atoms with Crippen LogP contribution in [0.15, 0.2) is 52.6 Å². The maximum absolute atomic E-state index is 14.3. The fourth-order valence-electron chi connectivity index (χ4n) is 2.41. The minimum atomic E-state index is -2.44. The van der Waals surface area contributed by atoms with Crippen LogP contribution in [0.2, 0.25) is 0 Å². The van der Waals surface area contributed by atoms with Crippen LogP contribution >= 0.6 is 0 Å². The average molecular weight is 458 g/mol. The number of hydrogen-bond donors (Lipinski definition) is 1. The predicted octanol–water partition coefficient (Wildman–Crippen LogP) is 3.59. The second-order valence-corrected chi connectivity index (χ2v) is 9.27. The van der Waals surface area contributed by atoms with Gasteiger partial charge in [-0.05, 0) is 13.0 Å². The molecule has 0 spiro atoms. The first-order valence-electron chi connectivity index (χ1n) is 8.21. The monoisotopic (exact) mass is 458 g/mol. The number of nitrogens with one attached hydrogen (secondary N) is 1. The maximum Gasteiger partial charge on any atom is 0.418 e. The number of halogens is 3. The highest BCUT2D eigenvalue weighted by molar-refractivity contribution is 8.42. The number of benzene rings is 2. The lowest BCUT2D eigenvalue weighted by atomic mass is 10.1. The second-order valence-electron chi connectivity index (χ2n) is 5.78. The Morgan fingerprint density at radius 2 is 1.80 bits per heavy atom. The van der Waals surface area contributed by atoms with Crippen LogP contribution in [0.25, 0.3) is 0 Å². The lowest BCUT2D eigenvalue weighted by Crippen LogP contribution is -2.25. The molecule has 1 amide bonds. The summed E-state index contributed by atoms with van der Waals surface area (Å²) in [7, 11) is -3.75. The molecule has 12 heteroatoms. The second kappa shape index (κ2) is 9.13. The molecule has 0 aliphatic carbocycles. The van der Waals surface area contributed by atoms with Crippen molar-refractivity contribution in [2.45, 2.75) is 13.0 Å². The highest BCUT2D eigenvalue weighted by Crippen LogP contribution is 2.30. The highest BCUT2D eigenvalue weighted by atomic mass is 32.9. The molecule has 30 heavy (non-hydrogen) atoms. The number of carbonyl (C=O) groups is 1. The van der Waals surface area contributed by atoms with Gasteiger partial charge in [-0.3, -0.25) is 5.32 Å². The Morgan fingerprint density at radius 1 is 1.13 bits per heavy atom. The lowest BCUT2D eigenvalue weighted by Gasteiger charge is -2.16. The molecule has 0 saturated heterocycles. The molecule has 158 valence electrons. The number of nitrogens with zero attached hydrogens (tertiary/aromatic N) is 1. The van der Waals surface area contributed by atoms with E-state index in [4.69, 9.17) is 4.74 Å². The van der Waals surface area contributed by atoms with E-state index >= 15 is 0 Å². The Hall–Kier alpha value is -3.12. The van der Waals surface area contributed by atoms with Gasteiger partial charge in [0.15, 0.2) is 11.6 Å². The van der Waals surface area contributed by atoms with Crippen molar-refractivity contribution in [2.24, 2.45) is 4.99 Å². The molecule has 3 rings (SSSR count). The van der Waals surface area contributed by atoms with Crippen molar-refractivity contribution in [3.05, 3.63) is 70.6 Å². The van der Waals surface area contributed by atoms with E-state index in [-0.39, 0.29) is 17.1 Å². The quantitative estimate of drug-likeness (QED) is 0.739. The first-order valence-corrected chi connectivity index (χ1v) is 11.2. The number of ether oxygens (including phenoxy) is 2. The molecule has 2 unspecified atom stereocenters. The molecule has 0 bridgehead atoms. The van der Waals surface area contributed by atoms with Crippen LogP contribution < -0.4 is 14.8 Å². The van der Waals surface area contributed by atoms with Gasteiger partial charge in [0.1, 0.15) is 23.5 Å². The molecule has 0 radical (unpaired) electrons. The van der Waals surface area contributed by atoms with Crippen molar-refractivity contribution in [1.29, 1.82) is 0 Å². The normalized spacial score (nSPS) is 16.0. The summed E-state index contributed by atoms with van der Waals surface area (Å²) in [6.45, 7) is 1.50. The first-order chi connectivity index (χ1) is 14.2. The Kier molecular flexibility index (Phi) is 6.57. The van der Waals surface area contributed by atoms with E-state index in [1.54, 1.807) is 6.07 Å². The standard InChI is InChI=1S/C18H13F3N2O5S2/c1-10(12-4-2-3-5-13(12)19)27-11-6-14(20)17(15(21)7-11)28-18(24)23-16-8-29(9-22-16)30(25)26/h2-10H,1H3,(H,23,24). The van der Waals surface area contributed by atoms with Crippen LogP contribution in [0.3, 0.4) is 0 Å². The number of amides is 1. The lowest BCUT2D eigenvalue weighted by molar-refractivity contribution is 0.197. The summed E-state index contributed by atoms with van der Waals surface area (Å²) in [5.41, 5.74) is 1.28. The van der Waals surface area contributed by atoms with Crippen LogP contribution in [0.4, 0.5) is 18.0 Å². The topological polar surface area (TPSA) is 94.1 Å². The van der Waals surface area contributed by atoms with Gasteiger partial charge in [0.05, 0.1) is 5.55 Å². The fraction of sp³-hybridized carbons (Fsp3) is 0.111.